The monoisotopic (exact) mass is 396 g/mol. The molecule has 0 aromatic heterocycles. The number of allylic oxidation sites excluding steroid dienone is 2. The predicted molar refractivity (Wildman–Crippen MR) is 133 cm³/mol. The number of rotatable bonds is 4. The fraction of sp³-hybridized carbons (Fsp3) is 0.500. The summed E-state index contributed by atoms with van der Waals surface area (Å²) in [7, 11) is 1.75. The molecular weight excluding hydrogens is 352 g/mol. The van der Waals surface area contributed by atoms with Crippen molar-refractivity contribution in [2.75, 3.05) is 7.11 Å². The van der Waals surface area contributed by atoms with E-state index in [1.807, 2.05) is 27.7 Å². The largest absolute Gasteiger partial charge is 0.496 e. The molecule has 2 aromatic carbocycles. The molecular formula is C28H44O. The summed E-state index contributed by atoms with van der Waals surface area (Å²) in [5, 5.41) is 0. The highest BCUT2D eigenvalue weighted by molar-refractivity contribution is 5.81. The van der Waals surface area contributed by atoms with Crippen molar-refractivity contribution in [3.05, 3.63) is 58.7 Å². The van der Waals surface area contributed by atoms with Crippen LogP contribution in [0.2, 0.25) is 0 Å². The van der Waals surface area contributed by atoms with Gasteiger partial charge in [0.25, 0.3) is 0 Å². The van der Waals surface area contributed by atoms with E-state index in [0.717, 1.165) is 12.2 Å². The fourth-order valence-corrected chi connectivity index (χ4v) is 3.68. The molecule has 0 spiro atoms. The van der Waals surface area contributed by atoms with E-state index in [9.17, 15) is 0 Å². The van der Waals surface area contributed by atoms with E-state index in [0.29, 0.717) is 0 Å². The Kier molecular flexibility index (Phi) is 11.7. The Morgan fingerprint density at radius 3 is 1.97 bits per heavy atom. The molecule has 0 N–H and O–H groups in total. The van der Waals surface area contributed by atoms with Crippen LogP contribution in [0.15, 0.2) is 36.4 Å². The van der Waals surface area contributed by atoms with E-state index < -0.39 is 0 Å². The summed E-state index contributed by atoms with van der Waals surface area (Å²) in [4.78, 5) is 0. The quantitative estimate of drug-likeness (QED) is 0.501. The Hall–Kier alpha value is -2.02. The first-order chi connectivity index (χ1) is 13.7. The van der Waals surface area contributed by atoms with Crippen molar-refractivity contribution in [1.82, 2.24) is 0 Å². The molecule has 162 valence electrons. The Bertz CT molecular complexity index is 789. The summed E-state index contributed by atoms with van der Waals surface area (Å²) in [6.45, 7) is 23.6. The van der Waals surface area contributed by atoms with E-state index in [2.05, 4.69) is 84.9 Å². The van der Waals surface area contributed by atoms with Gasteiger partial charge in [0, 0.05) is 5.56 Å². The van der Waals surface area contributed by atoms with Gasteiger partial charge >= 0.3 is 0 Å². The number of ether oxygens (including phenoxy) is 1. The maximum Gasteiger partial charge on any atom is 0.126 e. The molecule has 0 atom stereocenters. The van der Waals surface area contributed by atoms with Crippen LogP contribution in [-0.4, -0.2) is 7.11 Å². The van der Waals surface area contributed by atoms with Gasteiger partial charge in [-0.15, -0.1) is 0 Å². The van der Waals surface area contributed by atoms with Gasteiger partial charge in [-0.05, 0) is 72.1 Å². The van der Waals surface area contributed by atoms with Crippen molar-refractivity contribution in [3.63, 3.8) is 0 Å². The maximum absolute atomic E-state index is 5.68. The van der Waals surface area contributed by atoms with Crippen LogP contribution in [0.1, 0.15) is 84.6 Å². The highest BCUT2D eigenvalue weighted by atomic mass is 16.5. The van der Waals surface area contributed by atoms with Gasteiger partial charge in [-0.1, -0.05) is 85.7 Å². The van der Waals surface area contributed by atoms with Crippen molar-refractivity contribution in [1.29, 1.82) is 0 Å². The van der Waals surface area contributed by atoms with E-state index >= 15 is 0 Å². The Morgan fingerprint density at radius 1 is 0.931 bits per heavy atom. The van der Waals surface area contributed by atoms with Gasteiger partial charge < -0.3 is 4.74 Å². The molecule has 0 fully saturated rings. The molecule has 1 heteroatoms. The van der Waals surface area contributed by atoms with Gasteiger partial charge in [0.15, 0.2) is 0 Å². The van der Waals surface area contributed by atoms with Crippen LogP contribution in [0.3, 0.4) is 0 Å². The number of methoxy groups -OCH3 is 1. The first kappa shape index (κ1) is 27.0. The highest BCUT2D eigenvalue weighted by Crippen LogP contribution is 2.38. The Morgan fingerprint density at radius 2 is 1.48 bits per heavy atom. The number of aryl methyl sites for hydroxylation is 2. The van der Waals surface area contributed by atoms with Gasteiger partial charge in [0.2, 0.25) is 0 Å². The predicted octanol–water partition coefficient (Wildman–Crippen LogP) is 9.04. The van der Waals surface area contributed by atoms with Gasteiger partial charge in [0.1, 0.15) is 5.75 Å². The number of hydrogen-bond acceptors (Lipinski definition) is 1. The molecule has 0 saturated heterocycles. The lowest BCUT2D eigenvalue weighted by Gasteiger charge is -2.21. The smallest absolute Gasteiger partial charge is 0.126 e. The molecule has 0 amide bonds. The molecule has 0 aliphatic heterocycles. The lowest BCUT2D eigenvalue weighted by Crippen LogP contribution is -2.04. The van der Waals surface area contributed by atoms with E-state index in [-0.39, 0.29) is 5.41 Å². The molecule has 0 aliphatic carbocycles. The van der Waals surface area contributed by atoms with Crippen LogP contribution in [0.5, 0.6) is 5.75 Å². The summed E-state index contributed by atoms with van der Waals surface area (Å²) >= 11 is 0. The Labute approximate surface area is 181 Å². The van der Waals surface area contributed by atoms with Crippen molar-refractivity contribution < 1.29 is 4.74 Å². The average Bonchev–Trinajstić information content (AvgIpc) is 2.69. The fourth-order valence-electron chi connectivity index (χ4n) is 3.68. The molecule has 29 heavy (non-hydrogen) atoms. The van der Waals surface area contributed by atoms with E-state index in [1.54, 1.807) is 7.11 Å². The lowest BCUT2D eigenvalue weighted by molar-refractivity contribution is 0.416. The zero-order valence-electron chi connectivity index (χ0n) is 21.1. The minimum Gasteiger partial charge on any atom is -0.496 e. The van der Waals surface area contributed by atoms with E-state index in [1.165, 1.54) is 39.0 Å². The van der Waals surface area contributed by atoms with Crippen molar-refractivity contribution in [3.8, 4) is 16.9 Å². The van der Waals surface area contributed by atoms with Crippen LogP contribution in [0.4, 0.5) is 0 Å². The second kappa shape index (κ2) is 12.5. The first-order valence-corrected chi connectivity index (χ1v) is 11.1. The summed E-state index contributed by atoms with van der Waals surface area (Å²) in [6.07, 6.45) is 3.38. The van der Waals surface area contributed by atoms with Crippen LogP contribution >= 0.6 is 0 Å². The van der Waals surface area contributed by atoms with Crippen LogP contribution < -0.4 is 4.74 Å². The third-order valence-electron chi connectivity index (χ3n) is 4.57. The molecule has 0 bridgehead atoms. The van der Waals surface area contributed by atoms with Gasteiger partial charge in [-0.25, -0.2) is 0 Å². The molecule has 0 heterocycles. The van der Waals surface area contributed by atoms with Crippen LogP contribution in [0, 0.1) is 19.3 Å². The molecule has 0 radical (unpaired) electrons. The zero-order chi connectivity index (χ0) is 22.8. The molecule has 2 aromatic rings. The zero-order valence-corrected chi connectivity index (χ0v) is 21.1. The topological polar surface area (TPSA) is 9.23 Å². The minimum atomic E-state index is 0.166. The van der Waals surface area contributed by atoms with Crippen molar-refractivity contribution in [2.24, 2.45) is 5.41 Å². The second-order valence-corrected chi connectivity index (χ2v) is 8.03. The van der Waals surface area contributed by atoms with Crippen molar-refractivity contribution in [2.45, 2.75) is 82.6 Å². The summed E-state index contributed by atoms with van der Waals surface area (Å²) in [5.41, 5.74) is 9.32. The summed E-state index contributed by atoms with van der Waals surface area (Å²) in [6, 6.07) is 10.9. The molecule has 2 rings (SSSR count). The number of hydrogen-bond donors (Lipinski definition) is 0. The summed E-state index contributed by atoms with van der Waals surface area (Å²) in [5.74, 6) is 0.946. The number of benzene rings is 2. The van der Waals surface area contributed by atoms with Gasteiger partial charge in [-0.3, -0.25) is 0 Å². The Balaban J connectivity index is 0.00000184. The normalized spacial score (nSPS) is 11.1. The second-order valence-electron chi connectivity index (χ2n) is 8.03. The molecule has 0 saturated carbocycles. The molecule has 0 aliphatic rings. The summed E-state index contributed by atoms with van der Waals surface area (Å²) < 4.78 is 5.68. The maximum atomic E-state index is 5.68. The first-order valence-electron chi connectivity index (χ1n) is 11.1. The van der Waals surface area contributed by atoms with Crippen molar-refractivity contribution >= 4 is 5.57 Å². The third-order valence-corrected chi connectivity index (χ3v) is 4.57. The van der Waals surface area contributed by atoms with Crippen LogP contribution in [-0.2, 0) is 6.42 Å². The average molecular weight is 397 g/mol. The van der Waals surface area contributed by atoms with Gasteiger partial charge in [-0.2, -0.15) is 0 Å². The molecule has 1 nitrogen and oxygen atoms in total. The minimum absolute atomic E-state index is 0.166. The van der Waals surface area contributed by atoms with E-state index in [4.69, 9.17) is 4.74 Å². The van der Waals surface area contributed by atoms with Gasteiger partial charge in [0.05, 0.1) is 7.11 Å². The highest BCUT2D eigenvalue weighted by Gasteiger charge is 2.17. The standard InChI is InChI=1S/C24H32O.2C2H6/c1-9-19-20(21-12-10-16(2)14-22(21)25-8)13-11-17(3)23(19)18(4)15-24(5,6)7;2*1-2/h10-15H,9H2,1-8H3;2*1-2H3/b18-15-;;. The van der Waals surface area contributed by atoms with Crippen LogP contribution in [0.25, 0.3) is 16.7 Å². The lowest BCUT2D eigenvalue weighted by atomic mass is 9.84. The SMILES string of the molecule is CC.CC.CCc1c(-c2ccc(C)cc2OC)ccc(C)c1/C(C)=C\C(C)(C)C. The third kappa shape index (κ3) is 7.38. The molecule has 0 unspecified atom stereocenters.